The Bertz CT molecular complexity index is 727. The Kier molecular flexibility index (Phi) is 5.71. The summed E-state index contributed by atoms with van der Waals surface area (Å²) in [5, 5.41) is 4.47. The highest BCUT2D eigenvalue weighted by Crippen LogP contribution is 2.23. The van der Waals surface area contributed by atoms with Crippen LogP contribution < -0.4 is 5.43 Å². The molecule has 2 aromatic rings. The van der Waals surface area contributed by atoms with Gasteiger partial charge in [0.2, 0.25) is 5.95 Å². The number of hydrogen-bond donors (Lipinski definition) is 1. The monoisotopic (exact) mass is 324 g/mol. The molecule has 0 amide bonds. The van der Waals surface area contributed by atoms with Gasteiger partial charge in [-0.1, -0.05) is 52.3 Å². The molecule has 0 aliphatic rings. The molecule has 0 atom stereocenters. The number of aryl methyl sites for hydroxylation is 2. The van der Waals surface area contributed by atoms with Crippen molar-refractivity contribution >= 4 is 11.7 Å². The smallest absolute Gasteiger partial charge is 0.243 e. The van der Waals surface area contributed by atoms with Gasteiger partial charge < -0.3 is 0 Å². The normalized spacial score (nSPS) is 12.3. The molecule has 4 nitrogen and oxygen atoms in total. The van der Waals surface area contributed by atoms with Crippen LogP contribution >= 0.6 is 0 Å². The van der Waals surface area contributed by atoms with E-state index in [2.05, 4.69) is 72.5 Å². The van der Waals surface area contributed by atoms with Gasteiger partial charge >= 0.3 is 0 Å². The summed E-state index contributed by atoms with van der Waals surface area (Å²) in [4.78, 5) is 8.93. The molecule has 0 aliphatic heterocycles. The summed E-state index contributed by atoms with van der Waals surface area (Å²) in [5.41, 5.74) is 8.46. The van der Waals surface area contributed by atoms with Crippen LogP contribution in [-0.4, -0.2) is 15.7 Å². The molecular formula is C20H28N4. The Labute approximate surface area is 145 Å². The molecule has 0 spiro atoms. The fourth-order valence-corrected chi connectivity index (χ4v) is 2.48. The Morgan fingerprint density at radius 2 is 1.92 bits per heavy atom. The highest BCUT2D eigenvalue weighted by molar-refractivity contribution is 5.99. The van der Waals surface area contributed by atoms with E-state index in [1.54, 1.807) is 0 Å². The van der Waals surface area contributed by atoms with Crippen LogP contribution in [0.2, 0.25) is 0 Å². The first-order valence-corrected chi connectivity index (χ1v) is 8.55. The first kappa shape index (κ1) is 18.1. The van der Waals surface area contributed by atoms with Crippen LogP contribution in [0.4, 0.5) is 5.95 Å². The van der Waals surface area contributed by atoms with Crippen LogP contribution in [0.5, 0.6) is 0 Å². The summed E-state index contributed by atoms with van der Waals surface area (Å²) in [6.07, 6.45) is 2.02. The van der Waals surface area contributed by atoms with Crippen molar-refractivity contribution in [2.45, 2.75) is 59.8 Å². The number of hydrogen-bond acceptors (Lipinski definition) is 4. The predicted molar refractivity (Wildman–Crippen MR) is 102 cm³/mol. The molecule has 0 saturated carbocycles. The second-order valence-corrected chi connectivity index (χ2v) is 7.21. The van der Waals surface area contributed by atoms with Crippen molar-refractivity contribution in [2.24, 2.45) is 5.10 Å². The van der Waals surface area contributed by atoms with Crippen molar-refractivity contribution in [1.29, 1.82) is 0 Å². The lowest BCUT2D eigenvalue weighted by Gasteiger charge is -2.19. The summed E-state index contributed by atoms with van der Waals surface area (Å²) in [5.74, 6) is 0.560. The van der Waals surface area contributed by atoms with Gasteiger partial charge in [-0.25, -0.2) is 15.4 Å². The molecule has 0 bridgehead atoms. The summed E-state index contributed by atoms with van der Waals surface area (Å²) in [7, 11) is 0. The molecule has 0 unspecified atom stereocenters. The zero-order chi connectivity index (χ0) is 17.7. The second-order valence-electron chi connectivity index (χ2n) is 7.21. The molecule has 1 N–H and O–H groups in total. The fraction of sp³-hybridized carbons (Fsp3) is 0.450. The van der Waals surface area contributed by atoms with Gasteiger partial charge in [-0.2, -0.15) is 5.10 Å². The van der Waals surface area contributed by atoms with E-state index in [1.807, 2.05) is 19.9 Å². The van der Waals surface area contributed by atoms with Gasteiger partial charge in [0.1, 0.15) is 0 Å². The van der Waals surface area contributed by atoms with Crippen molar-refractivity contribution < 1.29 is 0 Å². The standard InChI is InChI=1S/C20H28N4/c1-7-9-18-12-14(2)21-19(22-18)24-23-15(3)16-10-8-11-17(13-16)20(4,5)6/h8,10-13H,7,9H2,1-6H3,(H,21,22,24). The molecule has 128 valence electrons. The van der Waals surface area contributed by atoms with Gasteiger partial charge in [-0.15, -0.1) is 0 Å². The van der Waals surface area contributed by atoms with Crippen molar-refractivity contribution in [3.63, 3.8) is 0 Å². The Balaban J connectivity index is 2.20. The van der Waals surface area contributed by atoms with Crippen LogP contribution in [0.1, 0.15) is 63.6 Å². The van der Waals surface area contributed by atoms with Crippen LogP contribution in [-0.2, 0) is 11.8 Å². The second kappa shape index (κ2) is 7.56. The first-order valence-electron chi connectivity index (χ1n) is 8.55. The number of benzene rings is 1. The van der Waals surface area contributed by atoms with Crippen molar-refractivity contribution in [3.8, 4) is 0 Å². The maximum absolute atomic E-state index is 4.52. The van der Waals surface area contributed by atoms with Crippen LogP contribution in [0.25, 0.3) is 0 Å². The third-order valence-corrected chi connectivity index (χ3v) is 3.88. The number of anilines is 1. The van der Waals surface area contributed by atoms with Gasteiger partial charge in [0.15, 0.2) is 0 Å². The topological polar surface area (TPSA) is 50.2 Å². The number of aromatic nitrogens is 2. The van der Waals surface area contributed by atoms with Crippen molar-refractivity contribution in [1.82, 2.24) is 9.97 Å². The van der Waals surface area contributed by atoms with Gasteiger partial charge in [0.25, 0.3) is 0 Å². The summed E-state index contributed by atoms with van der Waals surface area (Å²) >= 11 is 0. The highest BCUT2D eigenvalue weighted by Gasteiger charge is 2.14. The number of hydrazone groups is 1. The Morgan fingerprint density at radius 1 is 1.17 bits per heavy atom. The van der Waals surface area contributed by atoms with E-state index in [1.165, 1.54) is 5.56 Å². The Hall–Kier alpha value is -2.23. The van der Waals surface area contributed by atoms with E-state index in [4.69, 9.17) is 0 Å². The minimum Gasteiger partial charge on any atom is -0.245 e. The van der Waals surface area contributed by atoms with Gasteiger partial charge in [0.05, 0.1) is 5.71 Å². The zero-order valence-electron chi connectivity index (χ0n) is 15.6. The van der Waals surface area contributed by atoms with Gasteiger partial charge in [-0.3, -0.25) is 0 Å². The summed E-state index contributed by atoms with van der Waals surface area (Å²) in [6.45, 7) is 12.8. The van der Waals surface area contributed by atoms with E-state index in [9.17, 15) is 0 Å². The molecule has 0 aliphatic carbocycles. The number of rotatable bonds is 5. The van der Waals surface area contributed by atoms with Crippen LogP contribution in [0.15, 0.2) is 35.4 Å². The van der Waals surface area contributed by atoms with Gasteiger partial charge in [-0.05, 0) is 48.9 Å². The number of nitrogens with zero attached hydrogens (tertiary/aromatic N) is 3. The van der Waals surface area contributed by atoms with Crippen molar-refractivity contribution in [2.75, 3.05) is 5.43 Å². The maximum atomic E-state index is 4.52. The van der Waals surface area contributed by atoms with E-state index < -0.39 is 0 Å². The van der Waals surface area contributed by atoms with E-state index >= 15 is 0 Å². The Morgan fingerprint density at radius 3 is 2.58 bits per heavy atom. The molecule has 0 fully saturated rings. The SMILES string of the molecule is CCCc1cc(C)nc(NN=C(C)c2cccc(C(C)(C)C)c2)n1. The lowest BCUT2D eigenvalue weighted by molar-refractivity contribution is 0.590. The minimum atomic E-state index is 0.123. The average molecular weight is 324 g/mol. The zero-order valence-corrected chi connectivity index (χ0v) is 15.6. The van der Waals surface area contributed by atoms with Gasteiger partial charge in [0, 0.05) is 11.4 Å². The number of nitrogens with one attached hydrogen (secondary N) is 1. The fourth-order valence-electron chi connectivity index (χ4n) is 2.48. The molecule has 1 heterocycles. The molecule has 24 heavy (non-hydrogen) atoms. The first-order chi connectivity index (χ1) is 11.3. The minimum absolute atomic E-state index is 0.123. The van der Waals surface area contributed by atoms with E-state index in [0.717, 1.165) is 35.5 Å². The molecular weight excluding hydrogens is 296 g/mol. The third-order valence-electron chi connectivity index (χ3n) is 3.88. The summed E-state index contributed by atoms with van der Waals surface area (Å²) in [6, 6.07) is 10.5. The highest BCUT2D eigenvalue weighted by atomic mass is 15.4. The predicted octanol–water partition coefficient (Wildman–Crippen LogP) is 4.87. The molecule has 0 saturated heterocycles. The lowest BCUT2D eigenvalue weighted by Crippen LogP contribution is -2.12. The van der Waals surface area contributed by atoms with Crippen LogP contribution in [0, 0.1) is 6.92 Å². The quantitative estimate of drug-likeness (QED) is 0.630. The third kappa shape index (κ3) is 4.88. The molecule has 1 aromatic heterocycles. The molecule has 1 aromatic carbocycles. The van der Waals surface area contributed by atoms with E-state index in [-0.39, 0.29) is 5.41 Å². The molecule has 2 rings (SSSR count). The van der Waals surface area contributed by atoms with Crippen LogP contribution in [0.3, 0.4) is 0 Å². The maximum Gasteiger partial charge on any atom is 0.243 e. The van der Waals surface area contributed by atoms with E-state index in [0.29, 0.717) is 5.95 Å². The van der Waals surface area contributed by atoms with Crippen molar-refractivity contribution in [3.05, 3.63) is 52.8 Å². The average Bonchev–Trinajstić information content (AvgIpc) is 2.52. The molecule has 0 radical (unpaired) electrons. The largest absolute Gasteiger partial charge is 0.245 e. The lowest BCUT2D eigenvalue weighted by atomic mass is 9.86. The molecule has 4 heteroatoms. The summed E-state index contributed by atoms with van der Waals surface area (Å²) < 4.78 is 0.